The van der Waals surface area contributed by atoms with Gasteiger partial charge >= 0.3 is 0 Å². The third-order valence-corrected chi connectivity index (χ3v) is 5.38. The van der Waals surface area contributed by atoms with Crippen molar-refractivity contribution in [3.63, 3.8) is 0 Å². The molecule has 0 amide bonds. The van der Waals surface area contributed by atoms with Crippen molar-refractivity contribution in [1.29, 1.82) is 0 Å². The Morgan fingerprint density at radius 3 is 2.35 bits per heavy atom. The molecule has 0 fully saturated rings. The molecule has 0 heterocycles. The van der Waals surface area contributed by atoms with Crippen molar-refractivity contribution in [2.75, 3.05) is 0 Å². The first-order valence-electron chi connectivity index (χ1n) is 5.96. The summed E-state index contributed by atoms with van der Waals surface area (Å²) in [5, 5.41) is 11.6. The minimum absolute atomic E-state index is 0.281. The molecule has 0 spiro atoms. The number of aryl methyl sites for hydroxylation is 1. The molecular formula is C15H18OSi. The molecule has 1 atom stereocenters. The number of rotatable bonds is 3. The fourth-order valence-electron chi connectivity index (χ4n) is 2.03. The topological polar surface area (TPSA) is 20.2 Å². The Hall–Kier alpha value is -1.38. The molecule has 1 nitrogen and oxygen atoms in total. The Balaban J connectivity index is 2.19. The number of aliphatic hydroxyl groups excluding tert-OH is 1. The van der Waals surface area contributed by atoms with Crippen molar-refractivity contribution in [2.24, 2.45) is 0 Å². The summed E-state index contributed by atoms with van der Waals surface area (Å²) >= 11 is 0. The fraction of sp³-hybridized carbons (Fsp3) is 0.200. The number of hydrogen-bond acceptors (Lipinski definition) is 1. The number of aliphatic hydroxyl groups is 1. The average molecular weight is 242 g/mol. The summed E-state index contributed by atoms with van der Waals surface area (Å²) in [7, 11) is -0.680. The lowest BCUT2D eigenvalue weighted by Gasteiger charge is -2.13. The Morgan fingerprint density at radius 1 is 0.941 bits per heavy atom. The highest BCUT2D eigenvalue weighted by molar-refractivity contribution is 6.55. The zero-order chi connectivity index (χ0) is 12.3. The molecular weight excluding hydrogens is 224 g/mol. The third-order valence-electron chi connectivity index (χ3n) is 3.31. The van der Waals surface area contributed by atoms with Gasteiger partial charge in [0.1, 0.15) is 0 Å². The summed E-state index contributed by atoms with van der Waals surface area (Å²) in [5.74, 6) is 0. The van der Waals surface area contributed by atoms with Gasteiger partial charge in [0.25, 0.3) is 0 Å². The van der Waals surface area contributed by atoms with Crippen molar-refractivity contribution >= 4 is 14.7 Å². The van der Waals surface area contributed by atoms with E-state index in [9.17, 15) is 5.11 Å². The molecule has 0 aliphatic heterocycles. The first-order chi connectivity index (χ1) is 8.18. The predicted octanol–water partition coefficient (Wildman–Crippen LogP) is 1.79. The Bertz CT molecular complexity index is 494. The lowest BCUT2D eigenvalue weighted by Crippen LogP contribution is -2.24. The Labute approximate surface area is 105 Å². The minimum atomic E-state index is -0.680. The summed E-state index contributed by atoms with van der Waals surface area (Å²) in [5.41, 5.74) is 3.42. The Kier molecular flexibility index (Phi) is 3.77. The van der Waals surface area contributed by atoms with Gasteiger partial charge < -0.3 is 5.11 Å². The molecule has 0 aliphatic rings. The van der Waals surface area contributed by atoms with E-state index in [4.69, 9.17) is 0 Å². The summed E-state index contributed by atoms with van der Waals surface area (Å²) in [6, 6.07) is 16.3. The first-order valence-corrected chi connectivity index (χ1v) is 7.49. The van der Waals surface area contributed by atoms with Crippen LogP contribution < -0.4 is 5.19 Å². The van der Waals surface area contributed by atoms with Crippen LogP contribution in [0.1, 0.15) is 22.4 Å². The van der Waals surface area contributed by atoms with Crippen LogP contribution in [0.3, 0.4) is 0 Å². The van der Waals surface area contributed by atoms with Crippen molar-refractivity contribution in [2.45, 2.75) is 19.6 Å². The minimum Gasteiger partial charge on any atom is -0.392 e. The van der Waals surface area contributed by atoms with Gasteiger partial charge in [0, 0.05) is 0 Å². The fourth-order valence-corrected chi connectivity index (χ4v) is 3.82. The van der Waals surface area contributed by atoms with E-state index in [2.05, 4.69) is 32.0 Å². The maximum Gasteiger partial charge on any atom is 0.0943 e. The molecule has 17 heavy (non-hydrogen) atoms. The van der Waals surface area contributed by atoms with Crippen LogP contribution >= 0.6 is 0 Å². The van der Waals surface area contributed by atoms with Crippen LogP contribution in [-0.2, 0) is 0 Å². The summed E-state index contributed by atoms with van der Waals surface area (Å²) < 4.78 is 0. The maximum atomic E-state index is 10.3. The number of benzene rings is 2. The van der Waals surface area contributed by atoms with Gasteiger partial charge in [-0.15, -0.1) is 0 Å². The molecule has 0 aliphatic carbocycles. The van der Waals surface area contributed by atoms with Gasteiger partial charge in [-0.2, -0.15) is 0 Å². The summed E-state index contributed by atoms with van der Waals surface area (Å²) in [4.78, 5) is 0. The maximum absolute atomic E-state index is 10.3. The first kappa shape index (κ1) is 12.1. The molecule has 2 aromatic rings. The molecule has 2 heteroatoms. The van der Waals surface area contributed by atoms with Gasteiger partial charge in [-0.25, -0.2) is 0 Å². The molecule has 0 bridgehead atoms. The van der Waals surface area contributed by atoms with Crippen LogP contribution in [0.25, 0.3) is 0 Å². The van der Waals surface area contributed by atoms with Crippen molar-refractivity contribution in [3.05, 3.63) is 65.2 Å². The van der Waals surface area contributed by atoms with Crippen LogP contribution in [0.5, 0.6) is 0 Å². The second kappa shape index (κ2) is 5.30. The highest BCUT2D eigenvalue weighted by Crippen LogP contribution is 2.11. The zero-order valence-electron chi connectivity index (χ0n) is 10.4. The van der Waals surface area contributed by atoms with Crippen LogP contribution in [0.2, 0.25) is 0 Å². The van der Waals surface area contributed by atoms with Crippen molar-refractivity contribution in [1.82, 2.24) is 0 Å². The molecule has 88 valence electrons. The summed E-state index contributed by atoms with van der Waals surface area (Å²) in [6.45, 7) is 4.28. The molecule has 0 aromatic heterocycles. The highest BCUT2D eigenvalue weighted by Gasteiger charge is 2.10. The molecule has 0 saturated heterocycles. The average Bonchev–Trinajstić information content (AvgIpc) is 2.36. The van der Waals surface area contributed by atoms with E-state index in [1.807, 2.05) is 30.3 Å². The largest absolute Gasteiger partial charge is 0.392 e. The third kappa shape index (κ3) is 2.84. The van der Waals surface area contributed by atoms with E-state index in [0.717, 1.165) is 5.56 Å². The standard InChI is InChI=1S/C15H18OSi/c1-11-7-6-10-14(12(11)2)17-15(16)13-8-4-3-5-9-13/h3-10,15-16H,17H2,1-2H3. The van der Waals surface area contributed by atoms with Crippen LogP contribution in [-0.4, -0.2) is 14.6 Å². The van der Waals surface area contributed by atoms with Crippen LogP contribution in [0.4, 0.5) is 0 Å². The summed E-state index contributed by atoms with van der Waals surface area (Å²) in [6.07, 6.45) is 0. The molecule has 2 aromatic carbocycles. The van der Waals surface area contributed by atoms with Crippen molar-refractivity contribution < 1.29 is 5.11 Å². The SMILES string of the molecule is Cc1cccc([SiH2]C(O)c2ccccc2)c1C. The zero-order valence-corrected chi connectivity index (χ0v) is 11.8. The smallest absolute Gasteiger partial charge is 0.0943 e. The van der Waals surface area contributed by atoms with E-state index in [1.165, 1.54) is 16.3 Å². The number of hydrogen-bond donors (Lipinski definition) is 1. The monoisotopic (exact) mass is 242 g/mol. The quantitative estimate of drug-likeness (QED) is 0.814. The lowest BCUT2D eigenvalue weighted by atomic mass is 10.1. The lowest BCUT2D eigenvalue weighted by molar-refractivity contribution is 0.259. The Morgan fingerprint density at radius 2 is 1.65 bits per heavy atom. The van der Waals surface area contributed by atoms with E-state index in [1.54, 1.807) is 0 Å². The molecule has 2 rings (SSSR count). The molecule has 0 radical (unpaired) electrons. The van der Waals surface area contributed by atoms with Gasteiger partial charge in [0.2, 0.25) is 0 Å². The van der Waals surface area contributed by atoms with E-state index in [0.29, 0.717) is 0 Å². The van der Waals surface area contributed by atoms with E-state index < -0.39 is 9.52 Å². The van der Waals surface area contributed by atoms with Crippen LogP contribution in [0.15, 0.2) is 48.5 Å². The second-order valence-corrected chi connectivity index (χ2v) is 6.43. The molecule has 0 saturated carbocycles. The van der Waals surface area contributed by atoms with E-state index in [-0.39, 0.29) is 5.73 Å². The predicted molar refractivity (Wildman–Crippen MR) is 75.5 cm³/mol. The van der Waals surface area contributed by atoms with Gasteiger partial charge in [-0.05, 0) is 30.5 Å². The molecule has 1 N–H and O–H groups in total. The van der Waals surface area contributed by atoms with Crippen LogP contribution in [0, 0.1) is 13.8 Å². The van der Waals surface area contributed by atoms with Gasteiger partial charge in [0.05, 0.1) is 15.2 Å². The van der Waals surface area contributed by atoms with Gasteiger partial charge in [-0.3, -0.25) is 0 Å². The van der Waals surface area contributed by atoms with Gasteiger partial charge in [-0.1, -0.05) is 53.7 Å². The second-order valence-electron chi connectivity index (χ2n) is 4.49. The normalized spacial score (nSPS) is 13.1. The van der Waals surface area contributed by atoms with Crippen molar-refractivity contribution in [3.8, 4) is 0 Å². The molecule has 1 unspecified atom stereocenters. The van der Waals surface area contributed by atoms with Gasteiger partial charge in [0.15, 0.2) is 0 Å². The van der Waals surface area contributed by atoms with E-state index >= 15 is 0 Å². The highest BCUT2D eigenvalue weighted by atomic mass is 28.2.